The van der Waals surface area contributed by atoms with Gasteiger partial charge in [0.25, 0.3) is 5.91 Å². The molecule has 0 aliphatic rings. The van der Waals surface area contributed by atoms with Gasteiger partial charge in [0, 0.05) is 17.7 Å². The molecule has 0 aliphatic heterocycles. The molecule has 114 valence electrons. The maximum Gasteiger partial charge on any atom is 0.305 e. The van der Waals surface area contributed by atoms with Gasteiger partial charge in [0.1, 0.15) is 0 Å². The zero-order valence-corrected chi connectivity index (χ0v) is 12.1. The number of hydrogen-bond donors (Lipinski definition) is 2. The number of aliphatic carboxylic acids is 1. The number of ether oxygens (including phenoxy) is 2. The molecule has 0 radical (unpaired) electrons. The molecule has 0 bridgehead atoms. The van der Waals surface area contributed by atoms with Crippen LogP contribution in [0.4, 0.5) is 0 Å². The minimum atomic E-state index is -0.963. The summed E-state index contributed by atoms with van der Waals surface area (Å²) >= 11 is 0. The number of allylic oxidation sites excluding steroid dienone is 1. The standard InChI is InChI=1S/C15H19NO5/c1-4-5-10-8-11(9-12(20-2)14(10)21-3)15(19)16-7-6-13(17)18/h4,8-9H,1,5-7H2,2-3H3,(H,16,19)(H,17,18). The van der Waals surface area contributed by atoms with Gasteiger partial charge >= 0.3 is 5.97 Å². The lowest BCUT2D eigenvalue weighted by molar-refractivity contribution is -0.136. The van der Waals surface area contributed by atoms with Crippen LogP contribution < -0.4 is 14.8 Å². The average Bonchev–Trinajstić information content (AvgIpc) is 2.46. The zero-order valence-electron chi connectivity index (χ0n) is 12.1. The quantitative estimate of drug-likeness (QED) is 0.712. The Hall–Kier alpha value is -2.50. The van der Waals surface area contributed by atoms with Crippen molar-refractivity contribution in [2.24, 2.45) is 0 Å². The Morgan fingerprint density at radius 3 is 2.57 bits per heavy atom. The Morgan fingerprint density at radius 2 is 2.05 bits per heavy atom. The summed E-state index contributed by atoms with van der Waals surface area (Å²) in [5, 5.41) is 11.1. The second-order valence-electron chi connectivity index (χ2n) is 4.26. The van der Waals surface area contributed by atoms with Crippen molar-refractivity contribution in [3.63, 3.8) is 0 Å². The second-order valence-corrected chi connectivity index (χ2v) is 4.26. The van der Waals surface area contributed by atoms with Gasteiger partial charge in [0.2, 0.25) is 0 Å². The molecule has 6 nitrogen and oxygen atoms in total. The van der Waals surface area contributed by atoms with Crippen LogP contribution in [-0.2, 0) is 11.2 Å². The Morgan fingerprint density at radius 1 is 1.33 bits per heavy atom. The fourth-order valence-corrected chi connectivity index (χ4v) is 1.87. The summed E-state index contributed by atoms with van der Waals surface area (Å²) in [5.74, 6) is -0.322. The van der Waals surface area contributed by atoms with Crippen molar-refractivity contribution in [1.29, 1.82) is 0 Å². The maximum absolute atomic E-state index is 12.0. The highest BCUT2D eigenvalue weighted by Crippen LogP contribution is 2.33. The van der Waals surface area contributed by atoms with Gasteiger partial charge in [-0.2, -0.15) is 0 Å². The van der Waals surface area contributed by atoms with E-state index in [4.69, 9.17) is 14.6 Å². The lowest BCUT2D eigenvalue weighted by Crippen LogP contribution is -2.26. The first-order valence-electron chi connectivity index (χ1n) is 6.39. The van der Waals surface area contributed by atoms with E-state index >= 15 is 0 Å². The number of hydrogen-bond acceptors (Lipinski definition) is 4. The molecule has 0 saturated carbocycles. The molecule has 1 rings (SSSR count). The SMILES string of the molecule is C=CCc1cc(C(=O)NCCC(=O)O)cc(OC)c1OC. The normalized spacial score (nSPS) is 9.81. The van der Waals surface area contributed by atoms with Crippen LogP contribution in [-0.4, -0.2) is 37.7 Å². The van der Waals surface area contributed by atoms with Gasteiger partial charge in [-0.3, -0.25) is 9.59 Å². The minimum absolute atomic E-state index is 0.0688. The molecular formula is C15H19NO5. The molecule has 0 aromatic heterocycles. The van der Waals surface area contributed by atoms with Crippen LogP contribution in [0, 0.1) is 0 Å². The number of nitrogens with one attached hydrogen (secondary N) is 1. The third kappa shape index (κ3) is 4.52. The van der Waals surface area contributed by atoms with E-state index in [9.17, 15) is 9.59 Å². The number of carboxylic acids is 1. The van der Waals surface area contributed by atoms with Crippen molar-refractivity contribution in [3.8, 4) is 11.5 Å². The number of methoxy groups -OCH3 is 2. The van der Waals surface area contributed by atoms with E-state index in [1.807, 2.05) is 0 Å². The van der Waals surface area contributed by atoms with E-state index in [2.05, 4.69) is 11.9 Å². The van der Waals surface area contributed by atoms with E-state index in [0.717, 1.165) is 5.56 Å². The van der Waals surface area contributed by atoms with E-state index in [0.29, 0.717) is 23.5 Å². The summed E-state index contributed by atoms with van der Waals surface area (Å²) < 4.78 is 10.5. The molecule has 1 amide bonds. The maximum atomic E-state index is 12.0. The largest absolute Gasteiger partial charge is 0.493 e. The van der Waals surface area contributed by atoms with Gasteiger partial charge < -0.3 is 19.9 Å². The van der Waals surface area contributed by atoms with Crippen LogP contribution in [0.15, 0.2) is 24.8 Å². The van der Waals surface area contributed by atoms with E-state index in [-0.39, 0.29) is 18.9 Å². The molecule has 1 aromatic rings. The summed E-state index contributed by atoms with van der Waals surface area (Å²) in [6.45, 7) is 3.74. The van der Waals surface area contributed by atoms with Crippen LogP contribution in [0.3, 0.4) is 0 Å². The first-order chi connectivity index (χ1) is 10.0. The van der Waals surface area contributed by atoms with Gasteiger partial charge in [-0.25, -0.2) is 0 Å². The zero-order chi connectivity index (χ0) is 15.8. The molecule has 1 aromatic carbocycles. The molecule has 0 saturated heterocycles. The monoisotopic (exact) mass is 293 g/mol. The molecule has 21 heavy (non-hydrogen) atoms. The first kappa shape index (κ1) is 16.6. The van der Waals surface area contributed by atoms with Crippen LogP contribution in [0.25, 0.3) is 0 Å². The Bertz CT molecular complexity index is 539. The van der Waals surface area contributed by atoms with Crippen molar-refractivity contribution < 1.29 is 24.2 Å². The number of carbonyl (C=O) groups is 2. The number of rotatable bonds is 8. The second kappa shape index (κ2) is 7.94. The fraction of sp³-hybridized carbons (Fsp3) is 0.333. The summed E-state index contributed by atoms with van der Waals surface area (Å²) in [7, 11) is 3.01. The van der Waals surface area contributed by atoms with Crippen molar-refractivity contribution in [3.05, 3.63) is 35.9 Å². The molecule has 6 heteroatoms. The third-order valence-electron chi connectivity index (χ3n) is 2.81. The fourth-order valence-electron chi connectivity index (χ4n) is 1.87. The average molecular weight is 293 g/mol. The smallest absolute Gasteiger partial charge is 0.305 e. The van der Waals surface area contributed by atoms with E-state index < -0.39 is 5.97 Å². The highest BCUT2D eigenvalue weighted by molar-refractivity contribution is 5.95. The van der Waals surface area contributed by atoms with Gasteiger partial charge in [-0.1, -0.05) is 6.08 Å². The lowest BCUT2D eigenvalue weighted by Gasteiger charge is -2.14. The summed E-state index contributed by atoms with van der Waals surface area (Å²) in [5.41, 5.74) is 1.16. The highest BCUT2D eigenvalue weighted by Gasteiger charge is 2.15. The summed E-state index contributed by atoms with van der Waals surface area (Å²) in [4.78, 5) is 22.5. The van der Waals surface area contributed by atoms with Gasteiger partial charge in [0.05, 0.1) is 20.6 Å². The molecule has 0 spiro atoms. The van der Waals surface area contributed by atoms with E-state index in [1.165, 1.54) is 14.2 Å². The Labute approximate surface area is 123 Å². The third-order valence-corrected chi connectivity index (χ3v) is 2.81. The lowest BCUT2D eigenvalue weighted by atomic mass is 10.0. The molecule has 2 N–H and O–H groups in total. The topological polar surface area (TPSA) is 84.9 Å². The number of benzene rings is 1. The molecule has 0 unspecified atom stereocenters. The van der Waals surface area contributed by atoms with Crippen LogP contribution >= 0.6 is 0 Å². The van der Waals surface area contributed by atoms with Gasteiger partial charge in [-0.05, 0) is 18.6 Å². The number of amides is 1. The van der Waals surface area contributed by atoms with Crippen LogP contribution in [0.5, 0.6) is 11.5 Å². The predicted molar refractivity (Wildman–Crippen MR) is 78.0 cm³/mol. The first-order valence-corrected chi connectivity index (χ1v) is 6.39. The molecule has 0 fully saturated rings. The Balaban J connectivity index is 3.01. The van der Waals surface area contributed by atoms with Gasteiger partial charge in [0.15, 0.2) is 11.5 Å². The highest BCUT2D eigenvalue weighted by atomic mass is 16.5. The summed E-state index contributed by atoms with van der Waals surface area (Å²) in [6.07, 6.45) is 2.09. The van der Waals surface area contributed by atoms with Crippen LogP contribution in [0.1, 0.15) is 22.3 Å². The predicted octanol–water partition coefficient (Wildman–Crippen LogP) is 1.64. The van der Waals surface area contributed by atoms with Crippen molar-refractivity contribution in [1.82, 2.24) is 5.32 Å². The van der Waals surface area contributed by atoms with Crippen molar-refractivity contribution >= 4 is 11.9 Å². The molecular weight excluding hydrogens is 274 g/mol. The minimum Gasteiger partial charge on any atom is -0.493 e. The van der Waals surface area contributed by atoms with Gasteiger partial charge in [-0.15, -0.1) is 6.58 Å². The molecule has 0 atom stereocenters. The Kier molecular flexibility index (Phi) is 6.26. The van der Waals surface area contributed by atoms with Crippen molar-refractivity contribution in [2.75, 3.05) is 20.8 Å². The number of carbonyl (C=O) groups excluding carboxylic acids is 1. The van der Waals surface area contributed by atoms with E-state index in [1.54, 1.807) is 18.2 Å². The molecule has 0 heterocycles. The molecule has 0 aliphatic carbocycles. The van der Waals surface area contributed by atoms with Crippen molar-refractivity contribution in [2.45, 2.75) is 12.8 Å². The number of carboxylic acid groups (broad SMARTS) is 1. The summed E-state index contributed by atoms with van der Waals surface area (Å²) in [6, 6.07) is 3.24. The van der Waals surface area contributed by atoms with Crippen LogP contribution in [0.2, 0.25) is 0 Å².